The Hall–Kier alpha value is -1.58. The van der Waals surface area contributed by atoms with Crippen molar-refractivity contribution in [3.63, 3.8) is 0 Å². The molecule has 1 atom stereocenters. The number of aromatic amines is 1. The lowest BCUT2D eigenvalue weighted by molar-refractivity contribution is -0.125. The summed E-state index contributed by atoms with van der Waals surface area (Å²) in [4.78, 5) is 18.7. The Morgan fingerprint density at radius 1 is 1.60 bits per heavy atom. The topological polar surface area (TPSA) is 57.8 Å². The summed E-state index contributed by atoms with van der Waals surface area (Å²) < 4.78 is 0. The quantitative estimate of drug-likeness (QED) is 0.732. The van der Waals surface area contributed by atoms with Gasteiger partial charge in [0.1, 0.15) is 5.82 Å². The third-order valence-electron chi connectivity index (χ3n) is 2.62. The van der Waals surface area contributed by atoms with Crippen LogP contribution in [0.4, 0.5) is 0 Å². The lowest BCUT2D eigenvalue weighted by Gasteiger charge is -2.16. The van der Waals surface area contributed by atoms with E-state index < -0.39 is 0 Å². The van der Waals surface area contributed by atoms with E-state index in [2.05, 4.69) is 27.4 Å². The zero-order valence-electron chi connectivity index (χ0n) is 8.57. The number of carbonyl (C=O) groups excluding carboxylic acids is 1. The van der Waals surface area contributed by atoms with E-state index in [-0.39, 0.29) is 11.8 Å². The van der Waals surface area contributed by atoms with Gasteiger partial charge in [-0.15, -0.1) is 0 Å². The van der Waals surface area contributed by atoms with Crippen LogP contribution in [0.3, 0.4) is 0 Å². The molecule has 1 aliphatic rings. The van der Waals surface area contributed by atoms with Gasteiger partial charge in [-0.05, 0) is 19.3 Å². The van der Waals surface area contributed by atoms with E-state index in [0.717, 1.165) is 25.1 Å². The number of nitrogens with zero attached hydrogens (tertiary/aromatic N) is 1. The van der Waals surface area contributed by atoms with E-state index in [1.165, 1.54) is 0 Å². The van der Waals surface area contributed by atoms with Gasteiger partial charge < -0.3 is 10.3 Å². The van der Waals surface area contributed by atoms with Crippen LogP contribution in [0.5, 0.6) is 0 Å². The van der Waals surface area contributed by atoms with Crippen molar-refractivity contribution >= 4 is 5.91 Å². The Balaban J connectivity index is 1.79. The van der Waals surface area contributed by atoms with E-state index in [9.17, 15) is 4.79 Å². The molecule has 2 rings (SSSR count). The second-order valence-corrected chi connectivity index (χ2v) is 3.74. The second-order valence-electron chi connectivity index (χ2n) is 3.74. The molecular weight excluding hydrogens is 190 g/mol. The van der Waals surface area contributed by atoms with E-state index in [1.807, 2.05) is 0 Å². The van der Waals surface area contributed by atoms with Gasteiger partial charge in [-0.25, -0.2) is 4.98 Å². The van der Waals surface area contributed by atoms with Crippen LogP contribution in [-0.2, 0) is 11.3 Å². The van der Waals surface area contributed by atoms with Gasteiger partial charge in [0.25, 0.3) is 0 Å². The Morgan fingerprint density at radius 3 is 3.20 bits per heavy atom. The Morgan fingerprint density at radius 2 is 2.53 bits per heavy atom. The average Bonchev–Trinajstić information content (AvgIpc) is 2.80. The molecule has 0 saturated heterocycles. The summed E-state index contributed by atoms with van der Waals surface area (Å²) in [6.45, 7) is 0.492. The number of imidazole rings is 1. The third kappa shape index (κ3) is 2.68. The lowest BCUT2D eigenvalue weighted by atomic mass is 9.94. The number of allylic oxidation sites excluding steroid dienone is 2. The van der Waals surface area contributed by atoms with Gasteiger partial charge in [-0.1, -0.05) is 12.2 Å². The van der Waals surface area contributed by atoms with Crippen LogP contribution < -0.4 is 5.32 Å². The maximum atomic E-state index is 11.7. The molecule has 80 valence electrons. The Labute approximate surface area is 88.8 Å². The van der Waals surface area contributed by atoms with E-state index in [0.29, 0.717) is 6.54 Å². The largest absolute Gasteiger partial charge is 0.349 e. The maximum absolute atomic E-state index is 11.7. The molecule has 1 aromatic heterocycles. The first-order valence-electron chi connectivity index (χ1n) is 5.27. The highest BCUT2D eigenvalue weighted by atomic mass is 16.1. The Bertz CT molecular complexity index is 343. The zero-order chi connectivity index (χ0) is 10.5. The van der Waals surface area contributed by atoms with Crippen molar-refractivity contribution in [2.75, 3.05) is 0 Å². The van der Waals surface area contributed by atoms with Crippen molar-refractivity contribution in [1.82, 2.24) is 15.3 Å². The van der Waals surface area contributed by atoms with Crippen LogP contribution in [0, 0.1) is 5.92 Å². The number of hydrogen-bond donors (Lipinski definition) is 2. The smallest absolute Gasteiger partial charge is 0.223 e. The van der Waals surface area contributed by atoms with Crippen LogP contribution in [0.15, 0.2) is 24.5 Å². The first kappa shape index (κ1) is 9.96. The van der Waals surface area contributed by atoms with Gasteiger partial charge >= 0.3 is 0 Å². The predicted molar refractivity (Wildman–Crippen MR) is 56.9 cm³/mol. The van der Waals surface area contributed by atoms with Gasteiger partial charge in [0.15, 0.2) is 0 Å². The molecule has 1 unspecified atom stereocenters. The fourth-order valence-corrected chi connectivity index (χ4v) is 1.74. The van der Waals surface area contributed by atoms with Crippen molar-refractivity contribution in [1.29, 1.82) is 0 Å². The van der Waals surface area contributed by atoms with E-state index >= 15 is 0 Å². The molecule has 0 fully saturated rings. The van der Waals surface area contributed by atoms with Gasteiger partial charge in [-0.3, -0.25) is 4.79 Å². The molecular formula is C11H15N3O. The minimum absolute atomic E-state index is 0.135. The highest BCUT2D eigenvalue weighted by molar-refractivity contribution is 5.78. The molecule has 1 amide bonds. The minimum atomic E-state index is 0.135. The number of H-pyrrole nitrogens is 1. The molecule has 15 heavy (non-hydrogen) atoms. The molecule has 1 aliphatic carbocycles. The minimum Gasteiger partial charge on any atom is -0.349 e. The second kappa shape index (κ2) is 4.77. The summed E-state index contributed by atoms with van der Waals surface area (Å²) in [5.41, 5.74) is 0. The number of carbonyl (C=O) groups is 1. The molecule has 0 aromatic carbocycles. The number of nitrogens with one attached hydrogen (secondary N) is 2. The molecule has 1 heterocycles. The van der Waals surface area contributed by atoms with Crippen LogP contribution in [0.25, 0.3) is 0 Å². The number of hydrogen-bond acceptors (Lipinski definition) is 2. The van der Waals surface area contributed by atoms with Crippen molar-refractivity contribution in [2.24, 2.45) is 5.92 Å². The van der Waals surface area contributed by atoms with E-state index in [4.69, 9.17) is 0 Å². The molecule has 0 saturated carbocycles. The van der Waals surface area contributed by atoms with Gasteiger partial charge in [0.2, 0.25) is 5.91 Å². The fraction of sp³-hybridized carbons (Fsp3) is 0.455. The third-order valence-corrected chi connectivity index (χ3v) is 2.62. The van der Waals surface area contributed by atoms with Crippen LogP contribution in [0.2, 0.25) is 0 Å². The molecule has 0 radical (unpaired) electrons. The predicted octanol–water partition coefficient (Wildman–Crippen LogP) is 1.38. The van der Waals surface area contributed by atoms with Crippen molar-refractivity contribution in [3.8, 4) is 0 Å². The van der Waals surface area contributed by atoms with E-state index in [1.54, 1.807) is 12.4 Å². The number of rotatable bonds is 3. The summed E-state index contributed by atoms with van der Waals surface area (Å²) >= 11 is 0. The SMILES string of the molecule is O=C(NCc1ncc[nH]1)C1CC=CCC1. The molecule has 0 spiro atoms. The first-order valence-corrected chi connectivity index (χ1v) is 5.27. The first-order chi connectivity index (χ1) is 7.36. The standard InChI is InChI=1S/C11H15N3O/c15-11(9-4-2-1-3-5-9)14-8-10-12-6-7-13-10/h1-2,6-7,9H,3-5,8H2,(H,12,13)(H,14,15). The summed E-state index contributed by atoms with van der Waals surface area (Å²) in [7, 11) is 0. The summed E-state index contributed by atoms with van der Waals surface area (Å²) in [5.74, 6) is 1.08. The number of amides is 1. The maximum Gasteiger partial charge on any atom is 0.223 e. The molecule has 0 aliphatic heterocycles. The number of aromatic nitrogens is 2. The van der Waals surface area contributed by atoms with Crippen LogP contribution in [-0.4, -0.2) is 15.9 Å². The molecule has 2 N–H and O–H groups in total. The van der Waals surface area contributed by atoms with Crippen molar-refractivity contribution < 1.29 is 4.79 Å². The summed E-state index contributed by atoms with van der Waals surface area (Å²) in [6.07, 6.45) is 10.5. The van der Waals surface area contributed by atoms with Crippen molar-refractivity contribution in [2.45, 2.75) is 25.8 Å². The van der Waals surface area contributed by atoms with Gasteiger partial charge in [0, 0.05) is 18.3 Å². The highest BCUT2D eigenvalue weighted by Crippen LogP contribution is 2.17. The van der Waals surface area contributed by atoms with Crippen molar-refractivity contribution in [3.05, 3.63) is 30.4 Å². The normalized spacial score (nSPS) is 20.1. The summed E-state index contributed by atoms with van der Waals surface area (Å²) in [5, 5.41) is 2.89. The molecule has 0 bridgehead atoms. The Kier molecular flexibility index (Phi) is 3.17. The zero-order valence-corrected chi connectivity index (χ0v) is 8.57. The van der Waals surface area contributed by atoms with Crippen LogP contribution in [0.1, 0.15) is 25.1 Å². The fourth-order valence-electron chi connectivity index (χ4n) is 1.74. The summed E-state index contributed by atoms with van der Waals surface area (Å²) in [6, 6.07) is 0. The monoisotopic (exact) mass is 205 g/mol. The van der Waals surface area contributed by atoms with Gasteiger partial charge in [-0.2, -0.15) is 0 Å². The molecule has 1 aromatic rings. The lowest BCUT2D eigenvalue weighted by Crippen LogP contribution is -2.31. The van der Waals surface area contributed by atoms with Crippen LogP contribution >= 0.6 is 0 Å². The highest BCUT2D eigenvalue weighted by Gasteiger charge is 2.18. The average molecular weight is 205 g/mol. The molecule has 4 nitrogen and oxygen atoms in total. The molecule has 4 heteroatoms. The van der Waals surface area contributed by atoms with Gasteiger partial charge in [0.05, 0.1) is 6.54 Å².